The number of likely N-dealkylation sites (N-methyl/N-ethyl adjacent to an activating group) is 1. The molecule has 0 aliphatic rings. The van der Waals surface area contributed by atoms with Gasteiger partial charge in [-0.2, -0.15) is 0 Å². The van der Waals surface area contributed by atoms with Crippen molar-refractivity contribution in [2.45, 2.75) is 20.0 Å². The second-order valence-electron chi connectivity index (χ2n) is 6.34. The van der Waals surface area contributed by atoms with Gasteiger partial charge >= 0.3 is 0 Å². The third-order valence-electron chi connectivity index (χ3n) is 3.89. The first-order chi connectivity index (χ1) is 12.9. The van der Waals surface area contributed by atoms with Crippen molar-refractivity contribution in [2.75, 3.05) is 34.8 Å². The minimum atomic E-state index is -0.00921. The fourth-order valence-corrected chi connectivity index (χ4v) is 2.92. The van der Waals surface area contributed by atoms with Crippen LogP contribution in [-0.2, 0) is 17.9 Å². The van der Waals surface area contributed by atoms with Gasteiger partial charge in [-0.15, -0.1) is 11.3 Å². The van der Waals surface area contributed by atoms with Crippen molar-refractivity contribution >= 4 is 23.2 Å². The zero-order valence-electron chi connectivity index (χ0n) is 16.5. The Morgan fingerprint density at radius 2 is 1.96 bits per heavy atom. The highest BCUT2D eigenvalue weighted by atomic mass is 32.1. The number of hydrogen-bond donors (Lipinski definition) is 1. The van der Waals surface area contributed by atoms with E-state index < -0.39 is 0 Å². The molecule has 0 spiro atoms. The van der Waals surface area contributed by atoms with Crippen LogP contribution in [0.4, 0.5) is 0 Å². The lowest BCUT2D eigenvalue weighted by molar-refractivity contribution is -0.127. The van der Waals surface area contributed by atoms with Gasteiger partial charge in [-0.1, -0.05) is 12.1 Å². The van der Waals surface area contributed by atoms with Gasteiger partial charge in [0.1, 0.15) is 5.75 Å². The molecule has 0 aliphatic carbocycles. The van der Waals surface area contributed by atoms with Crippen molar-refractivity contribution in [1.29, 1.82) is 0 Å². The lowest BCUT2D eigenvalue weighted by Gasteiger charge is -2.22. The van der Waals surface area contributed by atoms with Crippen molar-refractivity contribution in [2.24, 2.45) is 4.99 Å². The van der Waals surface area contributed by atoms with Gasteiger partial charge in [0, 0.05) is 26.5 Å². The Balaban J connectivity index is 2.09. The van der Waals surface area contributed by atoms with Crippen LogP contribution in [0, 0.1) is 6.92 Å². The molecule has 0 atom stereocenters. The molecule has 1 N–H and O–H groups in total. The maximum Gasteiger partial charge on any atom is 0.241 e. The Morgan fingerprint density at radius 3 is 2.52 bits per heavy atom. The zero-order valence-corrected chi connectivity index (χ0v) is 17.3. The van der Waals surface area contributed by atoms with Gasteiger partial charge in [-0.05, 0) is 24.6 Å². The molecular weight excluding hydrogens is 362 g/mol. The first-order valence-corrected chi connectivity index (χ1v) is 9.50. The number of methoxy groups -OCH3 is 1. The first kappa shape index (κ1) is 20.7. The number of ether oxygens (including phenoxy) is 1. The molecule has 2 rings (SSSR count). The Labute approximate surface area is 164 Å². The Morgan fingerprint density at radius 1 is 1.26 bits per heavy atom. The Bertz CT molecular complexity index is 771. The SMILES string of the molecule is COc1ccc(CN=C(NCC(=O)N(C)C)N(C)Cc2csc(C)n2)cc1. The average molecular weight is 390 g/mol. The maximum atomic E-state index is 11.9. The summed E-state index contributed by atoms with van der Waals surface area (Å²) in [7, 11) is 7.06. The minimum absolute atomic E-state index is 0.00921. The second-order valence-corrected chi connectivity index (χ2v) is 7.41. The summed E-state index contributed by atoms with van der Waals surface area (Å²) in [5.41, 5.74) is 2.05. The van der Waals surface area contributed by atoms with Gasteiger partial charge < -0.3 is 19.9 Å². The molecule has 1 amide bonds. The molecule has 27 heavy (non-hydrogen) atoms. The van der Waals surface area contributed by atoms with Crippen LogP contribution in [0.1, 0.15) is 16.3 Å². The van der Waals surface area contributed by atoms with Gasteiger partial charge in [-0.3, -0.25) is 4.79 Å². The van der Waals surface area contributed by atoms with E-state index in [-0.39, 0.29) is 12.5 Å². The van der Waals surface area contributed by atoms with Gasteiger partial charge in [-0.25, -0.2) is 9.98 Å². The van der Waals surface area contributed by atoms with Crippen LogP contribution in [0.15, 0.2) is 34.6 Å². The Hall–Kier alpha value is -2.61. The fraction of sp³-hybridized carbons (Fsp3) is 0.421. The largest absolute Gasteiger partial charge is 0.497 e. The standard InChI is InChI=1S/C19H27N5O2S/c1-14-22-16(13-27-14)12-24(4)19(21-11-18(25)23(2)3)20-10-15-6-8-17(26-5)9-7-15/h6-9,13H,10-12H2,1-5H3,(H,20,21). The monoisotopic (exact) mass is 389 g/mol. The van der Waals surface area contributed by atoms with Crippen LogP contribution >= 0.6 is 11.3 Å². The first-order valence-electron chi connectivity index (χ1n) is 8.62. The van der Waals surface area contributed by atoms with Crippen molar-refractivity contribution in [1.82, 2.24) is 20.1 Å². The number of nitrogens with one attached hydrogen (secondary N) is 1. The summed E-state index contributed by atoms with van der Waals surface area (Å²) in [5.74, 6) is 1.46. The third kappa shape index (κ3) is 6.56. The summed E-state index contributed by atoms with van der Waals surface area (Å²) in [6.07, 6.45) is 0. The highest BCUT2D eigenvalue weighted by Crippen LogP contribution is 2.13. The highest BCUT2D eigenvalue weighted by molar-refractivity contribution is 7.09. The van der Waals surface area contributed by atoms with E-state index >= 15 is 0 Å². The van der Waals surface area contributed by atoms with Crippen LogP contribution < -0.4 is 10.1 Å². The topological polar surface area (TPSA) is 70.1 Å². The fourth-order valence-electron chi connectivity index (χ4n) is 2.32. The molecule has 8 heteroatoms. The molecule has 1 aromatic heterocycles. The molecule has 0 saturated heterocycles. The maximum absolute atomic E-state index is 11.9. The number of aryl methyl sites for hydroxylation is 1. The second kappa shape index (κ2) is 9.91. The van der Waals surface area contributed by atoms with Crippen LogP contribution in [0.3, 0.4) is 0 Å². The van der Waals surface area contributed by atoms with Crippen molar-refractivity contribution < 1.29 is 9.53 Å². The summed E-state index contributed by atoms with van der Waals surface area (Å²) in [4.78, 5) is 24.6. The number of nitrogens with zero attached hydrogens (tertiary/aromatic N) is 4. The van der Waals surface area contributed by atoms with Crippen LogP contribution in [0.5, 0.6) is 5.75 Å². The van der Waals surface area contributed by atoms with Crippen LogP contribution in [0.2, 0.25) is 0 Å². The van der Waals surface area contributed by atoms with E-state index in [0.717, 1.165) is 22.0 Å². The summed E-state index contributed by atoms with van der Waals surface area (Å²) < 4.78 is 5.18. The number of carbonyl (C=O) groups is 1. The summed E-state index contributed by atoms with van der Waals surface area (Å²) >= 11 is 1.62. The quantitative estimate of drug-likeness (QED) is 0.580. The number of aromatic nitrogens is 1. The predicted octanol–water partition coefficient (Wildman–Crippen LogP) is 2.13. The molecule has 0 fully saturated rings. The number of amides is 1. The molecule has 0 radical (unpaired) electrons. The molecule has 146 valence electrons. The zero-order chi connectivity index (χ0) is 19.8. The van der Waals surface area contributed by atoms with Gasteiger partial charge in [0.25, 0.3) is 0 Å². The van der Waals surface area contributed by atoms with Crippen LogP contribution in [-0.4, -0.2) is 61.4 Å². The summed E-state index contributed by atoms with van der Waals surface area (Å²) in [6.45, 7) is 3.30. The average Bonchev–Trinajstić information content (AvgIpc) is 3.06. The molecule has 7 nitrogen and oxygen atoms in total. The van der Waals surface area contributed by atoms with Gasteiger partial charge in [0.05, 0.1) is 37.4 Å². The van der Waals surface area contributed by atoms with Crippen LogP contribution in [0.25, 0.3) is 0 Å². The van der Waals surface area contributed by atoms with Crippen molar-refractivity contribution in [3.05, 3.63) is 45.9 Å². The number of hydrogen-bond acceptors (Lipinski definition) is 5. The lowest BCUT2D eigenvalue weighted by Crippen LogP contribution is -2.43. The number of rotatable bonds is 7. The van der Waals surface area contributed by atoms with E-state index in [9.17, 15) is 4.79 Å². The summed E-state index contributed by atoms with van der Waals surface area (Å²) in [6, 6.07) is 7.79. The van der Waals surface area contributed by atoms with Crippen molar-refractivity contribution in [3.8, 4) is 5.75 Å². The van der Waals surface area contributed by atoms with E-state index in [1.807, 2.05) is 48.5 Å². The molecule has 2 aromatic rings. The summed E-state index contributed by atoms with van der Waals surface area (Å²) in [5, 5.41) is 6.23. The smallest absolute Gasteiger partial charge is 0.241 e. The molecule has 1 heterocycles. The molecule has 0 aliphatic heterocycles. The molecule has 0 saturated carbocycles. The Kier molecular flexibility index (Phi) is 7.60. The predicted molar refractivity (Wildman–Crippen MR) is 109 cm³/mol. The highest BCUT2D eigenvalue weighted by Gasteiger charge is 2.12. The number of thiazole rings is 1. The van der Waals surface area contributed by atoms with Gasteiger partial charge in [0.2, 0.25) is 5.91 Å². The molecule has 1 aromatic carbocycles. The third-order valence-corrected chi connectivity index (χ3v) is 4.72. The molecule has 0 bridgehead atoms. The normalized spacial score (nSPS) is 11.2. The lowest BCUT2D eigenvalue weighted by atomic mass is 10.2. The van der Waals surface area contributed by atoms with Crippen molar-refractivity contribution in [3.63, 3.8) is 0 Å². The molecular formula is C19H27N5O2S. The minimum Gasteiger partial charge on any atom is -0.497 e. The van der Waals surface area contributed by atoms with E-state index in [1.165, 1.54) is 0 Å². The van der Waals surface area contributed by atoms with E-state index in [1.54, 1.807) is 37.4 Å². The van der Waals surface area contributed by atoms with E-state index in [2.05, 4.69) is 15.3 Å². The number of carbonyl (C=O) groups excluding carboxylic acids is 1. The van der Waals surface area contributed by atoms with E-state index in [4.69, 9.17) is 4.74 Å². The number of guanidine groups is 1. The number of benzene rings is 1. The number of aliphatic imine (C=N–C) groups is 1. The van der Waals surface area contributed by atoms with E-state index in [0.29, 0.717) is 19.0 Å². The van der Waals surface area contributed by atoms with Gasteiger partial charge in [0.15, 0.2) is 5.96 Å². The molecule has 0 unspecified atom stereocenters.